The van der Waals surface area contributed by atoms with E-state index in [0.29, 0.717) is 0 Å². The van der Waals surface area contributed by atoms with E-state index in [1.807, 2.05) is 36.4 Å². The number of benzene rings is 2. The second kappa shape index (κ2) is 6.50. The fraction of sp³-hybridized carbons (Fsp3) is 0.188. The van der Waals surface area contributed by atoms with Gasteiger partial charge >= 0.3 is 0 Å². The second-order valence-electron chi connectivity index (χ2n) is 5.01. The molecule has 0 saturated heterocycles. The highest BCUT2D eigenvalue weighted by atomic mass is 35.5. The number of halogens is 1. The second-order valence-corrected chi connectivity index (χ2v) is 6.39. The lowest BCUT2D eigenvalue weighted by molar-refractivity contribution is 0.751. The van der Waals surface area contributed by atoms with Crippen LogP contribution in [0.25, 0.3) is 5.69 Å². The van der Waals surface area contributed by atoms with Crippen molar-refractivity contribution >= 4 is 23.4 Å². The van der Waals surface area contributed by atoms with Crippen LogP contribution in [0.15, 0.2) is 47.6 Å². The fourth-order valence-electron chi connectivity index (χ4n) is 2.11. The zero-order chi connectivity index (χ0) is 15.5. The van der Waals surface area contributed by atoms with Gasteiger partial charge in [-0.1, -0.05) is 47.6 Å². The molecular weight excluding hydrogens is 316 g/mol. The number of aryl methyl sites for hydroxylation is 1. The molecule has 3 aromatic rings. The summed E-state index contributed by atoms with van der Waals surface area (Å²) in [5.74, 6) is 0.794. The maximum Gasteiger partial charge on any atom is 0.214 e. The van der Waals surface area contributed by atoms with E-state index in [2.05, 4.69) is 35.4 Å². The maximum atomic E-state index is 5.91. The highest BCUT2D eigenvalue weighted by Crippen LogP contribution is 2.25. The van der Waals surface area contributed by atoms with Crippen LogP contribution in [0.3, 0.4) is 0 Å². The van der Waals surface area contributed by atoms with Crippen molar-refractivity contribution in [3.05, 3.63) is 64.2 Å². The summed E-state index contributed by atoms with van der Waals surface area (Å²) >= 11 is 7.51. The van der Waals surface area contributed by atoms with Gasteiger partial charge in [0.25, 0.3) is 0 Å². The molecule has 3 rings (SSSR count). The molecule has 0 unspecified atom stereocenters. The summed E-state index contributed by atoms with van der Waals surface area (Å²) in [7, 11) is 0. The molecule has 0 fully saturated rings. The third-order valence-corrected chi connectivity index (χ3v) is 4.77. The van der Waals surface area contributed by atoms with E-state index in [1.54, 1.807) is 16.4 Å². The Kier molecular flexibility index (Phi) is 4.45. The predicted octanol–water partition coefficient (Wildman–Crippen LogP) is 4.22. The third kappa shape index (κ3) is 3.15. The van der Waals surface area contributed by atoms with E-state index in [4.69, 9.17) is 11.6 Å². The Labute approximate surface area is 138 Å². The Morgan fingerprint density at radius 1 is 1.09 bits per heavy atom. The molecule has 4 nitrogen and oxygen atoms in total. The third-order valence-electron chi connectivity index (χ3n) is 3.53. The maximum absolute atomic E-state index is 5.91. The molecule has 6 heteroatoms. The average molecular weight is 331 g/mol. The van der Waals surface area contributed by atoms with Crippen LogP contribution in [-0.4, -0.2) is 20.2 Å². The molecule has 22 heavy (non-hydrogen) atoms. The van der Waals surface area contributed by atoms with Crippen LogP contribution in [0.1, 0.15) is 16.7 Å². The zero-order valence-electron chi connectivity index (χ0n) is 12.3. The number of tetrazole rings is 1. The molecule has 0 bridgehead atoms. The van der Waals surface area contributed by atoms with E-state index >= 15 is 0 Å². The smallest absolute Gasteiger partial charge is 0.187 e. The lowest BCUT2D eigenvalue weighted by atomic mass is 10.1. The highest BCUT2D eigenvalue weighted by Gasteiger charge is 2.12. The van der Waals surface area contributed by atoms with Crippen molar-refractivity contribution < 1.29 is 0 Å². The van der Waals surface area contributed by atoms with Gasteiger partial charge in [0, 0.05) is 10.8 Å². The molecule has 112 valence electrons. The van der Waals surface area contributed by atoms with Crippen molar-refractivity contribution in [2.75, 3.05) is 0 Å². The molecule has 0 aliphatic rings. The van der Waals surface area contributed by atoms with Crippen LogP contribution in [0.2, 0.25) is 5.02 Å². The van der Waals surface area contributed by atoms with Crippen molar-refractivity contribution in [1.82, 2.24) is 20.2 Å². The van der Waals surface area contributed by atoms with E-state index in [1.165, 1.54) is 16.7 Å². The molecule has 0 spiro atoms. The fourth-order valence-corrected chi connectivity index (χ4v) is 3.08. The summed E-state index contributed by atoms with van der Waals surface area (Å²) < 4.78 is 1.79. The van der Waals surface area contributed by atoms with Gasteiger partial charge in [0.15, 0.2) is 0 Å². The van der Waals surface area contributed by atoms with E-state index in [-0.39, 0.29) is 0 Å². The minimum atomic E-state index is 0.744. The molecule has 0 aliphatic heterocycles. The Balaban J connectivity index is 1.83. The number of hydrogen-bond acceptors (Lipinski definition) is 4. The van der Waals surface area contributed by atoms with Crippen LogP contribution in [0.4, 0.5) is 0 Å². The summed E-state index contributed by atoms with van der Waals surface area (Å²) in [6, 6.07) is 14.0. The first-order valence-electron chi connectivity index (χ1n) is 6.87. The number of hydrogen-bond donors (Lipinski definition) is 0. The SMILES string of the molecule is Cc1cccc(-n2nnnc2SCc2ccc(Cl)cc2)c1C. The first-order chi connectivity index (χ1) is 10.6. The quantitative estimate of drug-likeness (QED) is 0.672. The number of thioether (sulfide) groups is 1. The van der Waals surface area contributed by atoms with Gasteiger partial charge in [-0.25, -0.2) is 0 Å². The number of aromatic nitrogens is 4. The highest BCUT2D eigenvalue weighted by molar-refractivity contribution is 7.98. The summed E-state index contributed by atoms with van der Waals surface area (Å²) in [4.78, 5) is 0. The van der Waals surface area contributed by atoms with Gasteiger partial charge in [0.1, 0.15) is 0 Å². The lowest BCUT2D eigenvalue weighted by Gasteiger charge is -2.09. The Morgan fingerprint density at radius 3 is 2.64 bits per heavy atom. The van der Waals surface area contributed by atoms with Gasteiger partial charge in [-0.3, -0.25) is 0 Å². The van der Waals surface area contributed by atoms with Crippen LogP contribution >= 0.6 is 23.4 Å². The molecule has 0 aliphatic carbocycles. The molecule has 1 aromatic heterocycles. The predicted molar refractivity (Wildman–Crippen MR) is 89.6 cm³/mol. The van der Waals surface area contributed by atoms with Gasteiger partial charge in [-0.05, 0) is 59.2 Å². The normalized spacial score (nSPS) is 10.9. The minimum Gasteiger partial charge on any atom is -0.187 e. The van der Waals surface area contributed by atoms with Gasteiger partial charge in [-0.2, -0.15) is 4.68 Å². The van der Waals surface area contributed by atoms with Gasteiger partial charge in [0.2, 0.25) is 5.16 Å². The average Bonchev–Trinajstić information content (AvgIpc) is 2.98. The molecule has 0 N–H and O–H groups in total. The van der Waals surface area contributed by atoms with Crippen LogP contribution in [-0.2, 0) is 5.75 Å². The molecule has 2 aromatic carbocycles. The Morgan fingerprint density at radius 2 is 1.86 bits per heavy atom. The molecule has 0 saturated carbocycles. The summed E-state index contributed by atoms with van der Waals surface area (Å²) in [5, 5.41) is 13.6. The van der Waals surface area contributed by atoms with E-state index < -0.39 is 0 Å². The zero-order valence-corrected chi connectivity index (χ0v) is 13.9. The first kappa shape index (κ1) is 15.1. The molecule has 0 amide bonds. The first-order valence-corrected chi connectivity index (χ1v) is 8.24. The van der Waals surface area contributed by atoms with Crippen molar-refractivity contribution in [3.8, 4) is 5.69 Å². The van der Waals surface area contributed by atoms with E-state index in [9.17, 15) is 0 Å². The van der Waals surface area contributed by atoms with Crippen LogP contribution in [0.5, 0.6) is 0 Å². The van der Waals surface area contributed by atoms with Crippen molar-refractivity contribution in [3.63, 3.8) is 0 Å². The largest absolute Gasteiger partial charge is 0.214 e. The van der Waals surface area contributed by atoms with Crippen molar-refractivity contribution in [1.29, 1.82) is 0 Å². The molecule has 0 radical (unpaired) electrons. The topological polar surface area (TPSA) is 43.6 Å². The number of nitrogens with zero attached hydrogens (tertiary/aromatic N) is 4. The molecule has 1 heterocycles. The minimum absolute atomic E-state index is 0.744. The Bertz CT molecular complexity index is 783. The molecular formula is C16H15ClN4S. The van der Waals surface area contributed by atoms with Crippen molar-refractivity contribution in [2.45, 2.75) is 24.8 Å². The standard InChI is InChI=1S/C16H15ClN4S/c1-11-4-3-5-15(12(11)2)21-16(18-19-20-21)22-10-13-6-8-14(17)9-7-13/h3-9H,10H2,1-2H3. The van der Waals surface area contributed by atoms with Gasteiger partial charge < -0.3 is 0 Å². The summed E-state index contributed by atoms with van der Waals surface area (Å²) in [5.41, 5.74) is 4.61. The van der Waals surface area contributed by atoms with Crippen LogP contribution in [0, 0.1) is 13.8 Å². The summed E-state index contributed by atoms with van der Waals surface area (Å²) in [6.07, 6.45) is 0. The number of rotatable bonds is 4. The molecule has 0 atom stereocenters. The van der Waals surface area contributed by atoms with Crippen molar-refractivity contribution in [2.24, 2.45) is 0 Å². The van der Waals surface area contributed by atoms with E-state index in [0.717, 1.165) is 21.6 Å². The summed E-state index contributed by atoms with van der Waals surface area (Å²) in [6.45, 7) is 4.17. The van der Waals surface area contributed by atoms with Gasteiger partial charge in [-0.15, -0.1) is 5.10 Å². The van der Waals surface area contributed by atoms with Gasteiger partial charge in [0.05, 0.1) is 5.69 Å². The monoisotopic (exact) mass is 330 g/mol. The Hall–Kier alpha value is -1.85. The lowest BCUT2D eigenvalue weighted by Crippen LogP contribution is -2.02. The van der Waals surface area contributed by atoms with Crippen LogP contribution < -0.4 is 0 Å².